The maximum atomic E-state index is 11.6. The number of sulfone groups is 1. The first-order valence-corrected chi connectivity index (χ1v) is 6.96. The van der Waals surface area contributed by atoms with E-state index < -0.39 is 20.2 Å². The number of carbonyl (C=O) groups excluding carboxylic acids is 1. The SMILES string of the molecule is CC(C)S(=O)(=O)C(=O)CC1CCCNC1. The van der Waals surface area contributed by atoms with Crippen molar-refractivity contribution in [2.24, 2.45) is 5.92 Å². The van der Waals surface area contributed by atoms with Crippen molar-refractivity contribution >= 4 is 15.0 Å². The molecule has 0 radical (unpaired) electrons. The fraction of sp³-hybridized carbons (Fsp3) is 0.900. The summed E-state index contributed by atoms with van der Waals surface area (Å²) in [6.07, 6.45) is 2.15. The molecule has 1 rings (SSSR count). The highest BCUT2D eigenvalue weighted by Gasteiger charge is 2.28. The fourth-order valence-electron chi connectivity index (χ4n) is 1.71. The molecule has 0 aromatic heterocycles. The van der Waals surface area contributed by atoms with Gasteiger partial charge in [-0.3, -0.25) is 4.79 Å². The highest BCUT2D eigenvalue weighted by molar-refractivity contribution is 8.06. The quantitative estimate of drug-likeness (QED) is 0.780. The van der Waals surface area contributed by atoms with E-state index in [-0.39, 0.29) is 12.3 Å². The number of carbonyl (C=O) groups is 1. The summed E-state index contributed by atoms with van der Waals surface area (Å²) in [7, 11) is -3.54. The smallest absolute Gasteiger partial charge is 0.246 e. The first-order chi connectivity index (χ1) is 6.94. The van der Waals surface area contributed by atoms with Gasteiger partial charge in [-0.25, -0.2) is 8.42 Å². The van der Waals surface area contributed by atoms with Crippen LogP contribution in [-0.2, 0) is 14.6 Å². The number of hydrogen-bond donors (Lipinski definition) is 1. The van der Waals surface area contributed by atoms with Crippen molar-refractivity contribution in [3.05, 3.63) is 0 Å². The predicted octanol–water partition coefficient (Wildman–Crippen LogP) is 0.726. The van der Waals surface area contributed by atoms with Gasteiger partial charge in [0, 0.05) is 6.42 Å². The standard InChI is InChI=1S/C10H19NO3S/c1-8(2)15(13,14)10(12)6-9-4-3-5-11-7-9/h8-9,11H,3-7H2,1-2H3. The van der Waals surface area contributed by atoms with Gasteiger partial charge in [-0.15, -0.1) is 0 Å². The van der Waals surface area contributed by atoms with Crippen molar-refractivity contribution in [3.8, 4) is 0 Å². The summed E-state index contributed by atoms with van der Waals surface area (Å²) in [6.45, 7) is 4.83. The lowest BCUT2D eigenvalue weighted by molar-refractivity contribution is -0.112. The van der Waals surface area contributed by atoms with E-state index in [9.17, 15) is 13.2 Å². The van der Waals surface area contributed by atoms with E-state index in [2.05, 4.69) is 5.32 Å². The first kappa shape index (κ1) is 12.6. The minimum Gasteiger partial charge on any atom is -0.316 e. The van der Waals surface area contributed by atoms with Crippen LogP contribution in [0.1, 0.15) is 33.1 Å². The molecule has 0 spiro atoms. The zero-order valence-electron chi connectivity index (χ0n) is 9.32. The second-order valence-electron chi connectivity index (χ2n) is 4.38. The number of rotatable bonds is 3. The molecule has 0 aromatic carbocycles. The molecule has 0 aromatic rings. The minimum atomic E-state index is -3.54. The molecule has 0 amide bonds. The highest BCUT2D eigenvalue weighted by atomic mass is 32.2. The molecule has 1 aliphatic heterocycles. The molecule has 88 valence electrons. The summed E-state index contributed by atoms with van der Waals surface area (Å²) in [4.78, 5) is 11.6. The maximum absolute atomic E-state index is 11.6. The maximum Gasteiger partial charge on any atom is 0.246 e. The highest BCUT2D eigenvalue weighted by Crippen LogP contribution is 2.17. The van der Waals surface area contributed by atoms with Crippen LogP contribution in [0.25, 0.3) is 0 Å². The molecule has 1 atom stereocenters. The largest absolute Gasteiger partial charge is 0.316 e. The van der Waals surface area contributed by atoms with Crippen LogP contribution >= 0.6 is 0 Å². The van der Waals surface area contributed by atoms with Gasteiger partial charge in [0.05, 0.1) is 5.25 Å². The van der Waals surface area contributed by atoms with Crippen LogP contribution in [0.15, 0.2) is 0 Å². The van der Waals surface area contributed by atoms with Gasteiger partial charge in [0.15, 0.2) is 0 Å². The van der Waals surface area contributed by atoms with E-state index in [1.54, 1.807) is 13.8 Å². The van der Waals surface area contributed by atoms with Gasteiger partial charge in [0.1, 0.15) is 0 Å². The Kier molecular flexibility index (Phi) is 4.28. The lowest BCUT2D eigenvalue weighted by Crippen LogP contribution is -2.33. The van der Waals surface area contributed by atoms with Crippen molar-refractivity contribution in [2.75, 3.05) is 13.1 Å². The zero-order valence-corrected chi connectivity index (χ0v) is 10.1. The van der Waals surface area contributed by atoms with Gasteiger partial charge >= 0.3 is 0 Å². The van der Waals surface area contributed by atoms with E-state index >= 15 is 0 Å². The Hall–Kier alpha value is -0.420. The van der Waals surface area contributed by atoms with Crippen LogP contribution in [0.5, 0.6) is 0 Å². The van der Waals surface area contributed by atoms with Crippen LogP contribution in [0, 0.1) is 5.92 Å². The van der Waals surface area contributed by atoms with E-state index in [1.165, 1.54) is 0 Å². The Morgan fingerprint density at radius 1 is 1.47 bits per heavy atom. The van der Waals surface area contributed by atoms with Crippen LogP contribution in [0.4, 0.5) is 0 Å². The third-order valence-electron chi connectivity index (χ3n) is 2.79. The second kappa shape index (κ2) is 5.07. The Morgan fingerprint density at radius 3 is 2.60 bits per heavy atom. The van der Waals surface area contributed by atoms with E-state index in [1.807, 2.05) is 0 Å². The van der Waals surface area contributed by atoms with Gasteiger partial charge in [-0.1, -0.05) is 0 Å². The Balaban J connectivity index is 2.55. The minimum absolute atomic E-state index is 0.174. The number of hydrogen-bond acceptors (Lipinski definition) is 4. The van der Waals surface area contributed by atoms with E-state index in [0.29, 0.717) is 0 Å². The zero-order chi connectivity index (χ0) is 11.5. The van der Waals surface area contributed by atoms with Crippen molar-refractivity contribution in [2.45, 2.75) is 38.4 Å². The molecule has 0 saturated carbocycles. The molecule has 0 aliphatic carbocycles. The summed E-state index contributed by atoms with van der Waals surface area (Å²) < 4.78 is 23.1. The third-order valence-corrected chi connectivity index (χ3v) is 4.83. The number of piperidine rings is 1. The molecule has 1 aliphatic rings. The van der Waals surface area contributed by atoms with Crippen molar-refractivity contribution < 1.29 is 13.2 Å². The van der Waals surface area contributed by atoms with E-state index in [4.69, 9.17) is 0 Å². The van der Waals surface area contributed by atoms with Crippen molar-refractivity contribution in [1.82, 2.24) is 5.32 Å². The van der Waals surface area contributed by atoms with E-state index in [0.717, 1.165) is 25.9 Å². The van der Waals surface area contributed by atoms with Gasteiger partial charge in [-0.2, -0.15) is 0 Å². The van der Waals surface area contributed by atoms with Crippen LogP contribution in [0.3, 0.4) is 0 Å². The molecule has 1 fully saturated rings. The van der Waals surface area contributed by atoms with Crippen molar-refractivity contribution in [3.63, 3.8) is 0 Å². The summed E-state index contributed by atoms with van der Waals surface area (Å²) in [5.74, 6) is 0.194. The molecule has 1 heterocycles. The Morgan fingerprint density at radius 2 is 2.13 bits per heavy atom. The first-order valence-electron chi connectivity index (χ1n) is 5.42. The molecule has 0 bridgehead atoms. The molecule has 5 heteroatoms. The topological polar surface area (TPSA) is 63.2 Å². The summed E-state index contributed by atoms with van der Waals surface area (Å²) in [5.41, 5.74) is 0. The summed E-state index contributed by atoms with van der Waals surface area (Å²) >= 11 is 0. The van der Waals surface area contributed by atoms with Gasteiger partial charge in [0.2, 0.25) is 15.0 Å². The molecule has 15 heavy (non-hydrogen) atoms. The summed E-state index contributed by atoms with van der Waals surface area (Å²) in [6, 6.07) is 0. The molecular weight excluding hydrogens is 214 g/mol. The monoisotopic (exact) mass is 233 g/mol. The lowest BCUT2D eigenvalue weighted by Gasteiger charge is -2.22. The number of nitrogens with one attached hydrogen (secondary N) is 1. The normalized spacial score (nSPS) is 23.0. The Labute approximate surface area is 91.4 Å². The lowest BCUT2D eigenvalue weighted by atomic mass is 9.97. The molecule has 1 unspecified atom stereocenters. The molecule has 4 nitrogen and oxygen atoms in total. The fourth-order valence-corrected chi connectivity index (χ4v) is 2.71. The Bertz CT molecular complexity index is 316. The van der Waals surface area contributed by atoms with Gasteiger partial charge in [0.25, 0.3) is 0 Å². The molecule has 1 N–H and O–H groups in total. The van der Waals surface area contributed by atoms with Crippen LogP contribution < -0.4 is 5.32 Å². The summed E-state index contributed by atoms with van der Waals surface area (Å²) in [5, 5.41) is 1.99. The average Bonchev–Trinajstić information content (AvgIpc) is 2.18. The molecular formula is C10H19NO3S. The van der Waals surface area contributed by atoms with Gasteiger partial charge in [-0.05, 0) is 45.7 Å². The van der Waals surface area contributed by atoms with Crippen LogP contribution in [0.2, 0.25) is 0 Å². The second-order valence-corrected chi connectivity index (χ2v) is 6.87. The third kappa shape index (κ3) is 3.28. The average molecular weight is 233 g/mol. The van der Waals surface area contributed by atoms with Crippen LogP contribution in [-0.4, -0.2) is 31.9 Å². The predicted molar refractivity (Wildman–Crippen MR) is 59.3 cm³/mol. The van der Waals surface area contributed by atoms with Gasteiger partial charge < -0.3 is 5.32 Å². The van der Waals surface area contributed by atoms with Crippen molar-refractivity contribution in [1.29, 1.82) is 0 Å². The molecule has 1 saturated heterocycles.